The summed E-state index contributed by atoms with van der Waals surface area (Å²) in [6.07, 6.45) is 0. The number of hydrogen-bond acceptors (Lipinski definition) is 3. The molecule has 1 rings (SSSR count). The molecule has 0 saturated carbocycles. The zero-order valence-corrected chi connectivity index (χ0v) is 13.7. The molecule has 3 nitrogen and oxygen atoms in total. The van der Waals surface area contributed by atoms with Crippen LogP contribution in [-0.4, -0.2) is 32.3 Å². The largest absolute Gasteiger partial charge is 0.380 e. The van der Waals surface area contributed by atoms with E-state index in [0.717, 1.165) is 32.8 Å². The van der Waals surface area contributed by atoms with Gasteiger partial charge in [0.2, 0.25) is 0 Å². The molecule has 0 unspecified atom stereocenters. The quantitative estimate of drug-likeness (QED) is 0.701. The van der Waals surface area contributed by atoms with Gasteiger partial charge in [0.15, 0.2) is 0 Å². The summed E-state index contributed by atoms with van der Waals surface area (Å²) in [4.78, 5) is 2.36. The second kappa shape index (κ2) is 8.98. The van der Waals surface area contributed by atoms with Gasteiger partial charge in [0.05, 0.1) is 6.61 Å². The summed E-state index contributed by atoms with van der Waals surface area (Å²) in [6.45, 7) is 15.3. The number of nitrogens with one attached hydrogen (secondary N) is 1. The lowest BCUT2D eigenvalue weighted by Gasteiger charge is -2.24. The number of rotatable bonds is 9. The predicted molar refractivity (Wildman–Crippen MR) is 87.5 cm³/mol. The van der Waals surface area contributed by atoms with Gasteiger partial charge in [-0.2, -0.15) is 0 Å². The van der Waals surface area contributed by atoms with Crippen LogP contribution in [0.2, 0.25) is 0 Å². The number of anilines is 1. The maximum absolute atomic E-state index is 5.45. The molecule has 0 bridgehead atoms. The summed E-state index contributed by atoms with van der Waals surface area (Å²) in [5.74, 6) is 0. The molecule has 0 heterocycles. The Morgan fingerprint density at radius 1 is 1.25 bits per heavy atom. The van der Waals surface area contributed by atoms with Gasteiger partial charge < -0.3 is 15.0 Å². The second-order valence-corrected chi connectivity index (χ2v) is 5.42. The fraction of sp³-hybridized carbons (Fsp3) is 0.647. The van der Waals surface area contributed by atoms with Crippen molar-refractivity contribution in [3.8, 4) is 0 Å². The Morgan fingerprint density at radius 3 is 2.55 bits per heavy atom. The molecule has 0 amide bonds. The van der Waals surface area contributed by atoms with Gasteiger partial charge in [-0.3, -0.25) is 0 Å². The third-order valence-electron chi connectivity index (χ3n) is 3.48. The van der Waals surface area contributed by atoms with E-state index in [1.165, 1.54) is 16.8 Å². The van der Waals surface area contributed by atoms with Gasteiger partial charge in [-0.25, -0.2) is 0 Å². The fourth-order valence-corrected chi connectivity index (χ4v) is 2.18. The minimum absolute atomic E-state index is 0.521. The van der Waals surface area contributed by atoms with Crippen LogP contribution in [0.15, 0.2) is 18.2 Å². The van der Waals surface area contributed by atoms with E-state index in [1.54, 1.807) is 0 Å². The first-order valence-corrected chi connectivity index (χ1v) is 7.74. The summed E-state index contributed by atoms with van der Waals surface area (Å²) in [5.41, 5.74) is 4.02. The van der Waals surface area contributed by atoms with Crippen molar-refractivity contribution in [2.75, 3.05) is 31.2 Å². The van der Waals surface area contributed by atoms with Crippen LogP contribution >= 0.6 is 0 Å². The lowest BCUT2D eigenvalue weighted by molar-refractivity contribution is 0.154. The van der Waals surface area contributed by atoms with Crippen molar-refractivity contribution < 1.29 is 4.74 Å². The van der Waals surface area contributed by atoms with Gasteiger partial charge in [0, 0.05) is 38.0 Å². The Hall–Kier alpha value is -1.06. The first-order valence-electron chi connectivity index (χ1n) is 7.74. The minimum Gasteiger partial charge on any atom is -0.380 e. The number of aryl methyl sites for hydroxylation is 1. The summed E-state index contributed by atoms with van der Waals surface area (Å²) in [7, 11) is 0. The van der Waals surface area contributed by atoms with Crippen molar-refractivity contribution in [1.82, 2.24) is 5.32 Å². The van der Waals surface area contributed by atoms with Crippen LogP contribution in [0, 0.1) is 6.92 Å². The molecule has 20 heavy (non-hydrogen) atoms. The highest BCUT2D eigenvalue weighted by molar-refractivity contribution is 5.50. The molecule has 0 aliphatic rings. The molecule has 0 spiro atoms. The molecule has 3 heteroatoms. The van der Waals surface area contributed by atoms with Crippen molar-refractivity contribution in [2.45, 2.75) is 47.2 Å². The molecular weight excluding hydrogens is 248 g/mol. The van der Waals surface area contributed by atoms with Crippen LogP contribution in [-0.2, 0) is 11.3 Å². The van der Waals surface area contributed by atoms with E-state index in [9.17, 15) is 0 Å². The van der Waals surface area contributed by atoms with Crippen molar-refractivity contribution in [1.29, 1.82) is 0 Å². The Balaban J connectivity index is 2.68. The standard InChI is InChI=1S/C17H30N2O/c1-6-19(10-11-20-7-2)17-9-8-16(15(5)12-17)13-18-14(3)4/h8-9,12,14,18H,6-7,10-11,13H2,1-5H3. The van der Waals surface area contributed by atoms with Crippen LogP contribution in [0.25, 0.3) is 0 Å². The molecule has 0 aromatic heterocycles. The maximum atomic E-state index is 5.45. The first-order chi connectivity index (χ1) is 9.58. The molecule has 0 radical (unpaired) electrons. The van der Waals surface area contributed by atoms with Gasteiger partial charge in [-0.05, 0) is 44.0 Å². The highest BCUT2D eigenvalue weighted by atomic mass is 16.5. The third-order valence-corrected chi connectivity index (χ3v) is 3.48. The van der Waals surface area contributed by atoms with Gasteiger partial charge in [0.1, 0.15) is 0 Å². The van der Waals surface area contributed by atoms with Crippen LogP contribution in [0.1, 0.15) is 38.8 Å². The maximum Gasteiger partial charge on any atom is 0.0641 e. The van der Waals surface area contributed by atoms with Crippen molar-refractivity contribution >= 4 is 5.69 Å². The van der Waals surface area contributed by atoms with Crippen LogP contribution in [0.4, 0.5) is 5.69 Å². The van der Waals surface area contributed by atoms with Crippen molar-refractivity contribution in [3.63, 3.8) is 0 Å². The molecule has 0 fully saturated rings. The molecule has 1 aromatic carbocycles. The van der Waals surface area contributed by atoms with Gasteiger partial charge in [-0.1, -0.05) is 19.9 Å². The van der Waals surface area contributed by atoms with E-state index in [1.807, 2.05) is 6.92 Å². The van der Waals surface area contributed by atoms with E-state index in [-0.39, 0.29) is 0 Å². The van der Waals surface area contributed by atoms with E-state index >= 15 is 0 Å². The van der Waals surface area contributed by atoms with Crippen LogP contribution < -0.4 is 10.2 Å². The monoisotopic (exact) mass is 278 g/mol. The lowest BCUT2D eigenvalue weighted by Crippen LogP contribution is -2.27. The highest BCUT2D eigenvalue weighted by Crippen LogP contribution is 2.19. The SMILES string of the molecule is CCOCCN(CC)c1ccc(CNC(C)C)c(C)c1. The summed E-state index contributed by atoms with van der Waals surface area (Å²) in [5, 5.41) is 3.47. The Kier molecular flexibility index (Phi) is 7.63. The first kappa shape index (κ1) is 17.0. The average molecular weight is 278 g/mol. The molecule has 0 atom stereocenters. The van der Waals surface area contributed by atoms with Crippen LogP contribution in [0.5, 0.6) is 0 Å². The average Bonchev–Trinajstić information content (AvgIpc) is 2.42. The predicted octanol–water partition coefficient (Wildman–Crippen LogP) is 3.36. The molecule has 1 aromatic rings. The van der Waals surface area contributed by atoms with Gasteiger partial charge in [-0.15, -0.1) is 0 Å². The number of nitrogens with zero attached hydrogens (tertiary/aromatic N) is 1. The smallest absolute Gasteiger partial charge is 0.0641 e. The molecule has 0 aliphatic carbocycles. The van der Waals surface area contributed by atoms with E-state index in [4.69, 9.17) is 4.74 Å². The lowest BCUT2D eigenvalue weighted by atomic mass is 10.1. The fourth-order valence-electron chi connectivity index (χ4n) is 2.18. The van der Waals surface area contributed by atoms with E-state index in [2.05, 4.69) is 56.1 Å². The molecule has 0 aliphatic heterocycles. The Labute approximate surface area is 124 Å². The topological polar surface area (TPSA) is 24.5 Å². The Morgan fingerprint density at radius 2 is 2.00 bits per heavy atom. The molecular formula is C17H30N2O. The molecule has 114 valence electrons. The van der Waals surface area contributed by atoms with Gasteiger partial charge in [0.25, 0.3) is 0 Å². The minimum atomic E-state index is 0.521. The highest BCUT2D eigenvalue weighted by Gasteiger charge is 2.07. The Bertz CT molecular complexity index is 391. The van der Waals surface area contributed by atoms with Crippen molar-refractivity contribution in [2.24, 2.45) is 0 Å². The zero-order chi connectivity index (χ0) is 15.0. The summed E-state index contributed by atoms with van der Waals surface area (Å²) >= 11 is 0. The van der Waals surface area contributed by atoms with E-state index in [0.29, 0.717) is 6.04 Å². The van der Waals surface area contributed by atoms with E-state index < -0.39 is 0 Å². The number of benzene rings is 1. The number of likely N-dealkylation sites (N-methyl/N-ethyl adjacent to an activating group) is 1. The normalized spacial score (nSPS) is 11.1. The summed E-state index contributed by atoms with van der Waals surface area (Å²) in [6, 6.07) is 7.27. The summed E-state index contributed by atoms with van der Waals surface area (Å²) < 4.78 is 5.45. The second-order valence-electron chi connectivity index (χ2n) is 5.42. The number of hydrogen-bond donors (Lipinski definition) is 1. The number of ether oxygens (including phenoxy) is 1. The van der Waals surface area contributed by atoms with Crippen LogP contribution in [0.3, 0.4) is 0 Å². The third kappa shape index (κ3) is 5.51. The van der Waals surface area contributed by atoms with Crippen molar-refractivity contribution in [3.05, 3.63) is 29.3 Å². The zero-order valence-electron chi connectivity index (χ0n) is 13.7. The van der Waals surface area contributed by atoms with Gasteiger partial charge >= 0.3 is 0 Å². The molecule has 1 N–H and O–H groups in total. The molecule has 0 saturated heterocycles.